The summed E-state index contributed by atoms with van der Waals surface area (Å²) in [6.07, 6.45) is 1.43. The van der Waals surface area contributed by atoms with Crippen LogP contribution in [0.25, 0.3) is 0 Å². The molecule has 0 saturated heterocycles. The summed E-state index contributed by atoms with van der Waals surface area (Å²) in [5.74, 6) is -0.287. The lowest BCUT2D eigenvalue weighted by Gasteiger charge is -2.07. The number of amides is 1. The summed E-state index contributed by atoms with van der Waals surface area (Å²) in [4.78, 5) is 24.6. The fourth-order valence-electron chi connectivity index (χ4n) is 2.53. The van der Waals surface area contributed by atoms with Gasteiger partial charge in [0.05, 0.1) is 29.5 Å². The molecule has 0 bridgehead atoms. The Kier molecular flexibility index (Phi) is 7.06. The second kappa shape index (κ2) is 9.91. The molecular formula is C22H16Cl2N2O4. The van der Waals surface area contributed by atoms with E-state index in [0.717, 1.165) is 0 Å². The Morgan fingerprint density at radius 2 is 1.77 bits per heavy atom. The van der Waals surface area contributed by atoms with Crippen molar-refractivity contribution in [3.8, 4) is 11.5 Å². The maximum atomic E-state index is 12.3. The van der Waals surface area contributed by atoms with Crippen LogP contribution in [0.3, 0.4) is 0 Å². The third-order valence-electron chi connectivity index (χ3n) is 3.95. The van der Waals surface area contributed by atoms with Crippen molar-refractivity contribution >= 4 is 41.3 Å². The summed E-state index contributed by atoms with van der Waals surface area (Å²) in [6.45, 7) is 0. The van der Waals surface area contributed by atoms with E-state index in [-0.39, 0.29) is 10.6 Å². The third-order valence-corrected chi connectivity index (χ3v) is 4.50. The molecule has 0 fully saturated rings. The smallest absolute Gasteiger partial charge is 0.345 e. The molecule has 0 aliphatic carbocycles. The van der Waals surface area contributed by atoms with Gasteiger partial charge in [0.2, 0.25) is 0 Å². The molecule has 0 aliphatic rings. The number of rotatable bonds is 6. The summed E-state index contributed by atoms with van der Waals surface area (Å²) in [5, 5.41) is 4.56. The van der Waals surface area contributed by atoms with Crippen molar-refractivity contribution in [2.45, 2.75) is 0 Å². The van der Waals surface area contributed by atoms with Crippen LogP contribution in [0.2, 0.25) is 10.0 Å². The highest BCUT2D eigenvalue weighted by Crippen LogP contribution is 2.23. The fraction of sp³-hybridized carbons (Fsp3) is 0.0455. The number of halogens is 2. The Labute approximate surface area is 183 Å². The molecule has 1 N–H and O–H groups in total. The highest BCUT2D eigenvalue weighted by Gasteiger charge is 2.13. The summed E-state index contributed by atoms with van der Waals surface area (Å²) < 4.78 is 10.5. The second-order valence-electron chi connectivity index (χ2n) is 5.99. The van der Waals surface area contributed by atoms with Crippen LogP contribution in [-0.4, -0.2) is 25.2 Å². The normalized spacial score (nSPS) is 10.6. The van der Waals surface area contributed by atoms with E-state index in [1.807, 2.05) is 0 Å². The van der Waals surface area contributed by atoms with E-state index < -0.39 is 11.9 Å². The van der Waals surface area contributed by atoms with Gasteiger partial charge in [-0.3, -0.25) is 4.79 Å². The summed E-state index contributed by atoms with van der Waals surface area (Å²) in [6, 6.07) is 18.0. The molecule has 152 valence electrons. The number of methoxy groups -OCH3 is 1. The van der Waals surface area contributed by atoms with Gasteiger partial charge in [0.25, 0.3) is 5.91 Å². The first-order chi connectivity index (χ1) is 14.5. The zero-order valence-electron chi connectivity index (χ0n) is 15.8. The molecule has 0 aliphatic heterocycles. The van der Waals surface area contributed by atoms with E-state index in [2.05, 4.69) is 10.5 Å². The standard InChI is InChI=1S/C22H16Cl2N2O4/c1-29-20-8-3-2-7-18(20)21(27)26-25-13-14-5-4-6-16(11-14)30-22(28)17-10-9-15(23)12-19(17)24/h2-13H,1H3,(H,26,27)/b25-13+. The lowest BCUT2D eigenvalue weighted by molar-refractivity contribution is 0.0734. The van der Waals surface area contributed by atoms with Crippen molar-refractivity contribution in [2.24, 2.45) is 5.10 Å². The van der Waals surface area contributed by atoms with Crippen molar-refractivity contribution in [2.75, 3.05) is 7.11 Å². The topological polar surface area (TPSA) is 77.0 Å². The molecule has 0 saturated carbocycles. The van der Waals surface area contributed by atoms with Crippen LogP contribution < -0.4 is 14.9 Å². The zero-order valence-corrected chi connectivity index (χ0v) is 17.3. The Morgan fingerprint density at radius 3 is 2.53 bits per heavy atom. The molecular weight excluding hydrogens is 427 g/mol. The molecule has 3 rings (SSSR count). The number of benzene rings is 3. The molecule has 8 heteroatoms. The van der Waals surface area contributed by atoms with Crippen LogP contribution in [-0.2, 0) is 0 Å². The monoisotopic (exact) mass is 442 g/mol. The first-order valence-corrected chi connectivity index (χ1v) is 9.47. The van der Waals surface area contributed by atoms with E-state index in [4.69, 9.17) is 32.7 Å². The summed E-state index contributed by atoms with van der Waals surface area (Å²) >= 11 is 11.9. The Bertz CT molecular complexity index is 1120. The SMILES string of the molecule is COc1ccccc1C(=O)N/N=C/c1cccc(OC(=O)c2ccc(Cl)cc2Cl)c1. The predicted molar refractivity (Wildman–Crippen MR) is 116 cm³/mol. The molecule has 0 radical (unpaired) electrons. The Morgan fingerprint density at radius 1 is 0.967 bits per heavy atom. The average Bonchev–Trinajstić information content (AvgIpc) is 2.73. The van der Waals surface area contributed by atoms with Crippen molar-refractivity contribution in [3.63, 3.8) is 0 Å². The molecule has 30 heavy (non-hydrogen) atoms. The van der Waals surface area contributed by atoms with Crippen LogP contribution in [0.15, 0.2) is 71.8 Å². The first kappa shape index (κ1) is 21.4. The second-order valence-corrected chi connectivity index (χ2v) is 6.83. The summed E-state index contributed by atoms with van der Waals surface area (Å²) in [5.41, 5.74) is 3.61. The number of nitrogens with one attached hydrogen (secondary N) is 1. The first-order valence-electron chi connectivity index (χ1n) is 8.71. The highest BCUT2D eigenvalue weighted by atomic mass is 35.5. The predicted octanol–water partition coefficient (Wildman–Crippen LogP) is 4.99. The zero-order chi connectivity index (χ0) is 21.5. The minimum absolute atomic E-state index is 0.198. The van der Waals surface area contributed by atoms with Crippen LogP contribution >= 0.6 is 23.2 Å². The lowest BCUT2D eigenvalue weighted by Crippen LogP contribution is -2.18. The largest absolute Gasteiger partial charge is 0.496 e. The highest BCUT2D eigenvalue weighted by molar-refractivity contribution is 6.36. The van der Waals surface area contributed by atoms with Gasteiger partial charge in [0, 0.05) is 5.02 Å². The van der Waals surface area contributed by atoms with Gasteiger partial charge in [-0.25, -0.2) is 10.2 Å². The molecule has 0 unspecified atom stereocenters. The van der Waals surface area contributed by atoms with E-state index in [1.54, 1.807) is 54.6 Å². The van der Waals surface area contributed by atoms with E-state index >= 15 is 0 Å². The van der Waals surface area contributed by atoms with Crippen molar-refractivity contribution in [1.29, 1.82) is 0 Å². The molecule has 0 heterocycles. The third kappa shape index (κ3) is 5.37. The minimum atomic E-state index is -0.616. The van der Waals surface area contributed by atoms with Crippen LogP contribution in [0.5, 0.6) is 11.5 Å². The van der Waals surface area contributed by atoms with Gasteiger partial charge >= 0.3 is 5.97 Å². The number of carbonyl (C=O) groups excluding carboxylic acids is 2. The van der Waals surface area contributed by atoms with Gasteiger partial charge in [-0.1, -0.05) is 47.5 Å². The lowest BCUT2D eigenvalue weighted by atomic mass is 10.2. The van der Waals surface area contributed by atoms with Gasteiger partial charge < -0.3 is 9.47 Å². The van der Waals surface area contributed by atoms with Gasteiger partial charge in [-0.05, 0) is 48.0 Å². The molecule has 0 atom stereocenters. The minimum Gasteiger partial charge on any atom is -0.496 e. The quantitative estimate of drug-likeness (QED) is 0.252. The molecule has 0 aromatic heterocycles. The average molecular weight is 443 g/mol. The summed E-state index contributed by atoms with van der Waals surface area (Å²) in [7, 11) is 1.49. The maximum absolute atomic E-state index is 12.3. The van der Waals surface area contributed by atoms with Gasteiger partial charge in [-0.2, -0.15) is 5.10 Å². The van der Waals surface area contributed by atoms with Gasteiger partial charge in [0.15, 0.2) is 0 Å². The number of nitrogens with zero attached hydrogens (tertiary/aromatic N) is 1. The molecule has 3 aromatic carbocycles. The molecule has 1 amide bonds. The number of hydrogen-bond acceptors (Lipinski definition) is 5. The molecule has 6 nitrogen and oxygen atoms in total. The van der Waals surface area contributed by atoms with E-state index in [9.17, 15) is 9.59 Å². The van der Waals surface area contributed by atoms with Gasteiger partial charge in [-0.15, -0.1) is 0 Å². The van der Waals surface area contributed by atoms with Crippen molar-refractivity contribution < 1.29 is 19.1 Å². The van der Waals surface area contributed by atoms with Crippen LogP contribution in [0, 0.1) is 0 Å². The number of hydrogen-bond donors (Lipinski definition) is 1. The van der Waals surface area contributed by atoms with E-state index in [1.165, 1.54) is 25.5 Å². The number of esters is 1. The maximum Gasteiger partial charge on any atom is 0.345 e. The Balaban J connectivity index is 1.66. The number of hydrazone groups is 1. The van der Waals surface area contributed by atoms with Crippen LogP contribution in [0.4, 0.5) is 0 Å². The van der Waals surface area contributed by atoms with E-state index in [0.29, 0.717) is 27.6 Å². The molecule has 0 spiro atoms. The molecule has 3 aromatic rings. The Hall–Kier alpha value is -3.35. The number of ether oxygens (including phenoxy) is 2. The van der Waals surface area contributed by atoms with Crippen molar-refractivity contribution in [3.05, 3.63) is 93.5 Å². The fourth-order valence-corrected chi connectivity index (χ4v) is 3.02. The van der Waals surface area contributed by atoms with Gasteiger partial charge in [0.1, 0.15) is 11.5 Å². The van der Waals surface area contributed by atoms with Crippen molar-refractivity contribution in [1.82, 2.24) is 5.43 Å². The number of para-hydroxylation sites is 1. The number of carbonyl (C=O) groups is 2. The van der Waals surface area contributed by atoms with Crippen LogP contribution in [0.1, 0.15) is 26.3 Å².